The Labute approximate surface area is 155 Å². The van der Waals surface area contributed by atoms with Crippen molar-refractivity contribution in [3.8, 4) is 0 Å². The molecule has 0 spiro atoms. The van der Waals surface area contributed by atoms with Gasteiger partial charge in [-0.3, -0.25) is 4.99 Å². The van der Waals surface area contributed by atoms with E-state index in [1.54, 1.807) is 7.11 Å². The summed E-state index contributed by atoms with van der Waals surface area (Å²) >= 11 is 0. The summed E-state index contributed by atoms with van der Waals surface area (Å²) < 4.78 is 16.5. The number of benzene rings is 1. The zero-order chi connectivity index (χ0) is 18.2. The summed E-state index contributed by atoms with van der Waals surface area (Å²) in [6, 6.07) is 10.2. The lowest BCUT2D eigenvalue weighted by Crippen LogP contribution is -2.41. The van der Waals surface area contributed by atoms with Gasteiger partial charge in [-0.1, -0.05) is 18.2 Å². The molecule has 1 fully saturated rings. The van der Waals surface area contributed by atoms with Crippen molar-refractivity contribution in [3.63, 3.8) is 0 Å². The molecule has 6 heteroatoms. The van der Waals surface area contributed by atoms with Gasteiger partial charge in [0.25, 0.3) is 0 Å². The number of ether oxygens (including phenoxy) is 2. The van der Waals surface area contributed by atoms with Gasteiger partial charge in [0.2, 0.25) is 0 Å². The lowest BCUT2D eigenvalue weighted by atomic mass is 10.1. The van der Waals surface area contributed by atoms with E-state index in [0.717, 1.165) is 61.8 Å². The lowest BCUT2D eigenvalue weighted by Gasteiger charge is -2.21. The van der Waals surface area contributed by atoms with Crippen molar-refractivity contribution in [1.82, 2.24) is 10.2 Å². The van der Waals surface area contributed by atoms with E-state index in [4.69, 9.17) is 13.9 Å². The summed E-state index contributed by atoms with van der Waals surface area (Å²) in [5.41, 5.74) is 0.947. The minimum absolute atomic E-state index is 0.556. The highest BCUT2D eigenvalue weighted by atomic mass is 16.5. The van der Waals surface area contributed by atoms with Gasteiger partial charge in [0.15, 0.2) is 5.96 Å². The van der Waals surface area contributed by atoms with Crippen molar-refractivity contribution < 1.29 is 13.9 Å². The number of nitrogens with zero attached hydrogens (tertiary/aromatic N) is 2. The summed E-state index contributed by atoms with van der Waals surface area (Å²) in [5.74, 6) is 2.52. The molecule has 142 valence electrons. The fraction of sp³-hybridized carbons (Fsp3) is 0.550. The van der Waals surface area contributed by atoms with Crippen molar-refractivity contribution in [2.45, 2.75) is 12.8 Å². The van der Waals surface area contributed by atoms with Crippen LogP contribution in [0.1, 0.15) is 12.2 Å². The number of likely N-dealkylation sites (tertiary alicyclic amines) is 1. The molecule has 1 aliphatic heterocycles. The molecular formula is C20H29N3O3. The number of fused-ring (bicyclic) bond motifs is 1. The van der Waals surface area contributed by atoms with Gasteiger partial charge in [0, 0.05) is 51.5 Å². The first-order valence-corrected chi connectivity index (χ1v) is 9.30. The lowest BCUT2D eigenvalue weighted by molar-refractivity contribution is 0.0536. The van der Waals surface area contributed by atoms with Gasteiger partial charge in [-0.05, 0) is 18.6 Å². The number of hydrogen-bond acceptors (Lipinski definition) is 4. The van der Waals surface area contributed by atoms with Gasteiger partial charge in [-0.2, -0.15) is 0 Å². The number of rotatable bonds is 8. The SMILES string of the molecule is CN=C(NCCc1cc2ccccc2o1)N1CCC(COCCOC)C1. The Bertz CT molecular complexity index is 680. The monoisotopic (exact) mass is 359 g/mol. The molecule has 3 rings (SSSR count). The van der Waals surface area contributed by atoms with Gasteiger partial charge in [-0.15, -0.1) is 0 Å². The zero-order valence-electron chi connectivity index (χ0n) is 15.7. The van der Waals surface area contributed by atoms with Crippen LogP contribution in [-0.4, -0.2) is 64.5 Å². The van der Waals surface area contributed by atoms with Crippen LogP contribution in [0.15, 0.2) is 39.7 Å². The van der Waals surface area contributed by atoms with Gasteiger partial charge < -0.3 is 24.1 Å². The molecular weight excluding hydrogens is 330 g/mol. The number of hydrogen-bond donors (Lipinski definition) is 1. The average Bonchev–Trinajstić information content (AvgIpc) is 3.29. The maximum absolute atomic E-state index is 5.87. The topological polar surface area (TPSA) is 59.2 Å². The number of nitrogens with one attached hydrogen (secondary N) is 1. The van der Waals surface area contributed by atoms with Crippen molar-refractivity contribution in [2.75, 3.05) is 53.6 Å². The molecule has 1 unspecified atom stereocenters. The standard InChI is InChI=1S/C20H29N3O3/c1-21-20(23-10-8-16(14-23)15-25-12-11-24-2)22-9-7-18-13-17-5-3-4-6-19(17)26-18/h3-6,13,16H,7-12,14-15H2,1-2H3,(H,21,22). The van der Waals surface area contributed by atoms with E-state index in [0.29, 0.717) is 19.1 Å². The highest BCUT2D eigenvalue weighted by molar-refractivity contribution is 5.80. The zero-order valence-corrected chi connectivity index (χ0v) is 15.7. The molecule has 26 heavy (non-hydrogen) atoms. The van der Waals surface area contributed by atoms with Crippen LogP contribution in [0.4, 0.5) is 0 Å². The second kappa shape index (κ2) is 9.59. The van der Waals surface area contributed by atoms with Crippen LogP contribution in [0, 0.1) is 5.92 Å². The summed E-state index contributed by atoms with van der Waals surface area (Å²) in [4.78, 5) is 6.74. The maximum Gasteiger partial charge on any atom is 0.193 e. The second-order valence-corrected chi connectivity index (χ2v) is 6.64. The molecule has 0 saturated carbocycles. The van der Waals surface area contributed by atoms with E-state index in [2.05, 4.69) is 27.3 Å². The minimum Gasteiger partial charge on any atom is -0.461 e. The Morgan fingerprint density at radius 1 is 1.35 bits per heavy atom. The van der Waals surface area contributed by atoms with Crippen molar-refractivity contribution in [3.05, 3.63) is 36.1 Å². The molecule has 1 N–H and O–H groups in total. The predicted molar refractivity (Wildman–Crippen MR) is 104 cm³/mol. The number of aliphatic imine (C=N–C) groups is 1. The highest BCUT2D eigenvalue weighted by Gasteiger charge is 2.24. The number of para-hydroxylation sites is 1. The molecule has 0 bridgehead atoms. The smallest absolute Gasteiger partial charge is 0.193 e. The third kappa shape index (κ3) is 4.99. The first kappa shape index (κ1) is 18.7. The number of guanidine groups is 1. The molecule has 1 atom stereocenters. The first-order chi connectivity index (χ1) is 12.8. The fourth-order valence-electron chi connectivity index (χ4n) is 3.34. The Balaban J connectivity index is 1.42. The molecule has 0 amide bonds. The third-order valence-electron chi connectivity index (χ3n) is 4.71. The van der Waals surface area contributed by atoms with Gasteiger partial charge >= 0.3 is 0 Å². The predicted octanol–water partition coefficient (Wildman–Crippen LogP) is 2.54. The Hall–Kier alpha value is -2.05. The summed E-state index contributed by atoms with van der Waals surface area (Å²) in [7, 11) is 3.54. The molecule has 6 nitrogen and oxygen atoms in total. The second-order valence-electron chi connectivity index (χ2n) is 6.64. The van der Waals surface area contributed by atoms with Crippen molar-refractivity contribution in [1.29, 1.82) is 0 Å². The number of furan rings is 1. The quantitative estimate of drug-likeness (QED) is 0.446. The Morgan fingerprint density at radius 3 is 3.04 bits per heavy atom. The first-order valence-electron chi connectivity index (χ1n) is 9.30. The summed E-state index contributed by atoms with van der Waals surface area (Å²) in [6.45, 7) is 4.91. The van der Waals surface area contributed by atoms with Crippen molar-refractivity contribution in [2.24, 2.45) is 10.9 Å². The van der Waals surface area contributed by atoms with E-state index < -0.39 is 0 Å². The van der Waals surface area contributed by atoms with E-state index >= 15 is 0 Å². The third-order valence-corrected chi connectivity index (χ3v) is 4.71. The molecule has 1 aromatic carbocycles. The van der Waals surface area contributed by atoms with Crippen LogP contribution in [0.3, 0.4) is 0 Å². The van der Waals surface area contributed by atoms with Crippen LogP contribution in [0.2, 0.25) is 0 Å². The van der Waals surface area contributed by atoms with Crippen LogP contribution in [-0.2, 0) is 15.9 Å². The molecule has 1 aliphatic rings. The molecule has 0 aliphatic carbocycles. The normalized spacial score (nSPS) is 18.0. The summed E-state index contributed by atoms with van der Waals surface area (Å²) in [6.07, 6.45) is 1.97. The van der Waals surface area contributed by atoms with Crippen LogP contribution in [0.25, 0.3) is 11.0 Å². The molecule has 0 radical (unpaired) electrons. The molecule has 1 aromatic heterocycles. The summed E-state index contributed by atoms with van der Waals surface area (Å²) in [5, 5.41) is 4.61. The van der Waals surface area contributed by atoms with E-state index in [1.165, 1.54) is 0 Å². The van der Waals surface area contributed by atoms with Gasteiger partial charge in [-0.25, -0.2) is 0 Å². The molecule has 2 heterocycles. The Morgan fingerprint density at radius 2 is 2.23 bits per heavy atom. The van der Waals surface area contributed by atoms with Crippen LogP contribution < -0.4 is 5.32 Å². The van der Waals surface area contributed by atoms with E-state index in [-0.39, 0.29) is 0 Å². The Kier molecular flexibility index (Phi) is 6.91. The van der Waals surface area contributed by atoms with E-state index in [9.17, 15) is 0 Å². The van der Waals surface area contributed by atoms with Crippen LogP contribution >= 0.6 is 0 Å². The minimum atomic E-state index is 0.556. The molecule has 1 saturated heterocycles. The largest absolute Gasteiger partial charge is 0.461 e. The fourth-order valence-corrected chi connectivity index (χ4v) is 3.34. The van der Waals surface area contributed by atoms with Gasteiger partial charge in [0.05, 0.1) is 19.8 Å². The van der Waals surface area contributed by atoms with Crippen molar-refractivity contribution >= 4 is 16.9 Å². The number of methoxy groups -OCH3 is 1. The average molecular weight is 359 g/mol. The molecule has 2 aromatic rings. The van der Waals surface area contributed by atoms with Gasteiger partial charge in [0.1, 0.15) is 11.3 Å². The van der Waals surface area contributed by atoms with E-state index in [1.807, 2.05) is 25.2 Å². The maximum atomic E-state index is 5.87. The van der Waals surface area contributed by atoms with Crippen LogP contribution in [0.5, 0.6) is 0 Å². The highest BCUT2D eigenvalue weighted by Crippen LogP contribution is 2.19.